The van der Waals surface area contributed by atoms with E-state index in [-0.39, 0.29) is 0 Å². The van der Waals surface area contributed by atoms with Gasteiger partial charge in [0.15, 0.2) is 0 Å². The molecule has 2 aromatic heterocycles. The second kappa shape index (κ2) is 4.57. The van der Waals surface area contributed by atoms with E-state index in [2.05, 4.69) is 9.97 Å². The summed E-state index contributed by atoms with van der Waals surface area (Å²) >= 11 is 0. The summed E-state index contributed by atoms with van der Waals surface area (Å²) in [6.07, 6.45) is 3.53. The first-order valence-corrected chi connectivity index (χ1v) is 5.92. The summed E-state index contributed by atoms with van der Waals surface area (Å²) < 4.78 is 5.28. The molecule has 0 fully saturated rings. The molecule has 4 nitrogen and oxygen atoms in total. The quantitative estimate of drug-likeness (QED) is 0.711. The molecular formula is C15H13N3O. The van der Waals surface area contributed by atoms with Crippen LogP contribution in [0, 0.1) is 0 Å². The van der Waals surface area contributed by atoms with Crippen LogP contribution in [0.4, 0.5) is 5.69 Å². The maximum absolute atomic E-state index is 5.80. The maximum atomic E-state index is 5.80. The number of rotatable bonds is 2. The van der Waals surface area contributed by atoms with Crippen LogP contribution in [0.5, 0.6) is 5.88 Å². The van der Waals surface area contributed by atoms with Crippen LogP contribution >= 0.6 is 0 Å². The van der Waals surface area contributed by atoms with E-state index in [1.165, 1.54) is 0 Å². The highest BCUT2D eigenvalue weighted by molar-refractivity contribution is 5.89. The van der Waals surface area contributed by atoms with Crippen molar-refractivity contribution in [2.24, 2.45) is 0 Å². The molecule has 19 heavy (non-hydrogen) atoms. The lowest BCUT2D eigenvalue weighted by atomic mass is 10.1. The van der Waals surface area contributed by atoms with Gasteiger partial charge in [0.05, 0.1) is 12.8 Å². The van der Waals surface area contributed by atoms with Crippen molar-refractivity contribution in [1.29, 1.82) is 0 Å². The number of hydrogen-bond acceptors (Lipinski definition) is 4. The molecular weight excluding hydrogens is 238 g/mol. The summed E-state index contributed by atoms with van der Waals surface area (Å²) in [6.45, 7) is 0. The smallest absolute Gasteiger partial charge is 0.221 e. The molecule has 3 aromatic rings. The second-order valence-corrected chi connectivity index (χ2v) is 4.24. The third-order valence-corrected chi connectivity index (χ3v) is 2.99. The molecule has 0 spiro atoms. The molecule has 1 aromatic carbocycles. The Bertz CT molecular complexity index is 740. The number of nitrogens with two attached hydrogens (primary N) is 1. The van der Waals surface area contributed by atoms with Gasteiger partial charge in [-0.1, -0.05) is 12.1 Å². The Hall–Kier alpha value is -2.62. The first kappa shape index (κ1) is 11.5. The highest BCUT2D eigenvalue weighted by Gasteiger charge is 2.06. The van der Waals surface area contributed by atoms with Gasteiger partial charge in [-0.25, -0.2) is 4.98 Å². The van der Waals surface area contributed by atoms with Crippen molar-refractivity contribution in [2.45, 2.75) is 0 Å². The number of benzene rings is 1. The Kier molecular flexibility index (Phi) is 2.76. The number of pyridine rings is 2. The molecule has 4 heteroatoms. The Balaban J connectivity index is 2.21. The van der Waals surface area contributed by atoms with Gasteiger partial charge in [-0.2, -0.15) is 0 Å². The molecule has 0 saturated carbocycles. The average Bonchev–Trinajstić information content (AvgIpc) is 2.46. The zero-order valence-electron chi connectivity index (χ0n) is 10.5. The minimum absolute atomic E-state index is 0.602. The largest absolute Gasteiger partial charge is 0.481 e. The number of hydrogen-bond donors (Lipinski definition) is 1. The molecule has 2 N–H and O–H groups in total. The summed E-state index contributed by atoms with van der Waals surface area (Å²) in [5.74, 6) is 0.602. The van der Waals surface area contributed by atoms with Gasteiger partial charge in [-0.05, 0) is 24.3 Å². The standard InChI is InChI=1S/C15H13N3O/c1-19-15-13-8-14(10-3-2-4-12(16)7-10)18-9-11(13)5-6-17-15/h2-9H,16H2,1H3. The minimum atomic E-state index is 0.602. The fourth-order valence-electron chi connectivity index (χ4n) is 2.06. The number of anilines is 1. The van der Waals surface area contributed by atoms with Crippen molar-refractivity contribution in [3.8, 4) is 17.1 Å². The van der Waals surface area contributed by atoms with Gasteiger partial charge in [0.25, 0.3) is 0 Å². The van der Waals surface area contributed by atoms with Crippen LogP contribution in [0.2, 0.25) is 0 Å². The number of ether oxygens (including phenoxy) is 1. The lowest BCUT2D eigenvalue weighted by molar-refractivity contribution is 0.403. The normalized spacial score (nSPS) is 10.6. The van der Waals surface area contributed by atoms with Gasteiger partial charge in [0, 0.05) is 34.4 Å². The Morgan fingerprint density at radius 1 is 1.11 bits per heavy atom. The fraction of sp³-hybridized carbons (Fsp3) is 0.0667. The van der Waals surface area contributed by atoms with Crippen LogP contribution in [0.15, 0.2) is 48.8 Å². The van der Waals surface area contributed by atoms with Crippen molar-refractivity contribution in [2.75, 3.05) is 12.8 Å². The predicted molar refractivity (Wildman–Crippen MR) is 75.9 cm³/mol. The first-order valence-electron chi connectivity index (χ1n) is 5.92. The number of aromatic nitrogens is 2. The van der Waals surface area contributed by atoms with E-state index in [0.29, 0.717) is 5.88 Å². The molecule has 0 radical (unpaired) electrons. The number of nitrogen functional groups attached to an aromatic ring is 1. The summed E-state index contributed by atoms with van der Waals surface area (Å²) in [5.41, 5.74) is 8.35. The van der Waals surface area contributed by atoms with Gasteiger partial charge in [0.1, 0.15) is 0 Å². The Morgan fingerprint density at radius 3 is 2.79 bits per heavy atom. The molecule has 0 amide bonds. The topological polar surface area (TPSA) is 61.0 Å². The van der Waals surface area contributed by atoms with Crippen molar-refractivity contribution in [1.82, 2.24) is 9.97 Å². The van der Waals surface area contributed by atoms with E-state index in [0.717, 1.165) is 27.7 Å². The van der Waals surface area contributed by atoms with Gasteiger partial charge in [0.2, 0.25) is 5.88 Å². The minimum Gasteiger partial charge on any atom is -0.481 e. The van der Waals surface area contributed by atoms with Crippen molar-refractivity contribution < 1.29 is 4.74 Å². The zero-order chi connectivity index (χ0) is 13.2. The monoisotopic (exact) mass is 251 g/mol. The van der Waals surface area contributed by atoms with E-state index in [1.807, 2.05) is 42.6 Å². The molecule has 94 valence electrons. The van der Waals surface area contributed by atoms with Crippen LogP contribution in [-0.2, 0) is 0 Å². The Morgan fingerprint density at radius 2 is 2.00 bits per heavy atom. The highest BCUT2D eigenvalue weighted by Crippen LogP contribution is 2.27. The predicted octanol–water partition coefficient (Wildman–Crippen LogP) is 2.89. The van der Waals surface area contributed by atoms with Crippen LogP contribution in [0.1, 0.15) is 0 Å². The Labute approximate surface area is 110 Å². The number of nitrogens with zero attached hydrogens (tertiary/aromatic N) is 2. The molecule has 0 atom stereocenters. The first-order chi connectivity index (χ1) is 9.28. The molecule has 0 aliphatic heterocycles. The van der Waals surface area contributed by atoms with Crippen molar-refractivity contribution in [3.63, 3.8) is 0 Å². The molecule has 0 aliphatic carbocycles. The summed E-state index contributed by atoms with van der Waals surface area (Å²) in [6, 6.07) is 11.5. The van der Waals surface area contributed by atoms with E-state index >= 15 is 0 Å². The van der Waals surface area contributed by atoms with Gasteiger partial charge in [-0.3, -0.25) is 4.98 Å². The maximum Gasteiger partial charge on any atom is 0.221 e. The van der Waals surface area contributed by atoms with Crippen LogP contribution in [-0.4, -0.2) is 17.1 Å². The fourth-order valence-corrected chi connectivity index (χ4v) is 2.06. The lowest BCUT2D eigenvalue weighted by Gasteiger charge is -2.06. The van der Waals surface area contributed by atoms with Crippen LogP contribution < -0.4 is 10.5 Å². The lowest BCUT2D eigenvalue weighted by Crippen LogP contribution is -1.91. The van der Waals surface area contributed by atoms with Crippen LogP contribution in [0.3, 0.4) is 0 Å². The third kappa shape index (κ3) is 2.08. The summed E-state index contributed by atoms with van der Waals surface area (Å²) in [5, 5.41) is 1.94. The van der Waals surface area contributed by atoms with Gasteiger partial charge in [-0.15, -0.1) is 0 Å². The van der Waals surface area contributed by atoms with Crippen molar-refractivity contribution in [3.05, 3.63) is 48.8 Å². The average molecular weight is 251 g/mol. The van der Waals surface area contributed by atoms with E-state index in [9.17, 15) is 0 Å². The number of methoxy groups -OCH3 is 1. The molecule has 3 rings (SSSR count). The highest BCUT2D eigenvalue weighted by atomic mass is 16.5. The summed E-state index contributed by atoms with van der Waals surface area (Å²) in [4.78, 5) is 8.66. The van der Waals surface area contributed by atoms with E-state index in [1.54, 1.807) is 13.3 Å². The summed E-state index contributed by atoms with van der Waals surface area (Å²) in [7, 11) is 1.61. The molecule has 2 heterocycles. The van der Waals surface area contributed by atoms with Crippen molar-refractivity contribution >= 4 is 16.5 Å². The molecule has 0 unspecified atom stereocenters. The van der Waals surface area contributed by atoms with E-state index < -0.39 is 0 Å². The van der Waals surface area contributed by atoms with E-state index in [4.69, 9.17) is 10.5 Å². The molecule has 0 saturated heterocycles. The van der Waals surface area contributed by atoms with Gasteiger partial charge >= 0.3 is 0 Å². The van der Waals surface area contributed by atoms with Crippen LogP contribution in [0.25, 0.3) is 22.0 Å². The molecule has 0 aliphatic rings. The SMILES string of the molecule is COc1nccc2cnc(-c3cccc(N)c3)cc12. The third-order valence-electron chi connectivity index (χ3n) is 2.99. The zero-order valence-corrected chi connectivity index (χ0v) is 10.5. The van der Waals surface area contributed by atoms with Gasteiger partial charge < -0.3 is 10.5 Å². The number of fused-ring (bicyclic) bond motifs is 1. The molecule has 0 bridgehead atoms. The second-order valence-electron chi connectivity index (χ2n) is 4.24.